The van der Waals surface area contributed by atoms with Crippen molar-refractivity contribution in [1.82, 2.24) is 19.3 Å². The summed E-state index contributed by atoms with van der Waals surface area (Å²) in [6.07, 6.45) is 3.88. The van der Waals surface area contributed by atoms with E-state index in [9.17, 15) is 14.4 Å². The fourth-order valence-electron chi connectivity index (χ4n) is 6.34. The minimum atomic E-state index is -0.589. The average Bonchev–Trinajstić information content (AvgIpc) is 3.52. The molecule has 13 nitrogen and oxygen atoms in total. The van der Waals surface area contributed by atoms with E-state index < -0.39 is 11.8 Å². The van der Waals surface area contributed by atoms with E-state index in [0.717, 1.165) is 42.6 Å². The Bertz CT molecular complexity index is 1780. The van der Waals surface area contributed by atoms with Crippen LogP contribution in [0.2, 0.25) is 0 Å². The summed E-state index contributed by atoms with van der Waals surface area (Å²) in [5.74, 6) is -0.517. The first kappa shape index (κ1) is 29.2. The van der Waals surface area contributed by atoms with Gasteiger partial charge in [0, 0.05) is 29.9 Å². The first-order valence-electron chi connectivity index (χ1n) is 14.9. The fraction of sp³-hybridized carbons (Fsp3) is 0.387. The molecule has 1 unspecified atom stereocenters. The van der Waals surface area contributed by atoms with Crippen LogP contribution < -0.4 is 32.2 Å². The molecule has 3 amide bonds. The second kappa shape index (κ2) is 11.6. The zero-order valence-corrected chi connectivity index (χ0v) is 24.9. The van der Waals surface area contributed by atoms with E-state index in [-0.39, 0.29) is 23.7 Å². The van der Waals surface area contributed by atoms with Gasteiger partial charge in [-0.2, -0.15) is 5.10 Å². The number of primary amides is 2. The Kier molecular flexibility index (Phi) is 7.72. The molecule has 2 aliphatic heterocycles. The first-order valence-corrected chi connectivity index (χ1v) is 14.9. The van der Waals surface area contributed by atoms with Gasteiger partial charge in [-0.1, -0.05) is 0 Å². The molecule has 13 heteroatoms. The lowest BCUT2D eigenvalue weighted by molar-refractivity contribution is 0.0991. The molecular weight excluding hydrogens is 562 g/mol. The van der Waals surface area contributed by atoms with Gasteiger partial charge in [-0.3, -0.25) is 24.4 Å². The predicted molar refractivity (Wildman–Crippen MR) is 166 cm³/mol. The van der Waals surface area contributed by atoms with E-state index in [1.807, 2.05) is 30.5 Å². The number of hydrogen-bond donors (Lipinski definition) is 4. The Labute approximate surface area is 254 Å². The summed E-state index contributed by atoms with van der Waals surface area (Å²) < 4.78 is 9.78. The molecule has 0 spiro atoms. The molecule has 0 radical (unpaired) electrons. The molecule has 2 aromatic carbocycles. The van der Waals surface area contributed by atoms with Crippen LogP contribution in [-0.4, -0.2) is 56.4 Å². The number of ether oxygens (including phenoxy) is 1. The van der Waals surface area contributed by atoms with Gasteiger partial charge >= 0.3 is 0 Å². The van der Waals surface area contributed by atoms with Crippen molar-refractivity contribution < 1.29 is 19.1 Å². The highest BCUT2D eigenvalue weighted by molar-refractivity contribution is 6.04. The minimum Gasteiger partial charge on any atom is -0.489 e. The molecule has 2 aromatic heterocycles. The van der Waals surface area contributed by atoms with Crippen molar-refractivity contribution in [3.63, 3.8) is 0 Å². The smallest absolute Gasteiger partial charge is 0.276 e. The van der Waals surface area contributed by atoms with Crippen LogP contribution >= 0.6 is 0 Å². The van der Waals surface area contributed by atoms with Gasteiger partial charge in [0.15, 0.2) is 0 Å². The molecule has 230 valence electrons. The predicted octanol–water partition coefficient (Wildman–Crippen LogP) is 2.85. The molecule has 0 saturated carbocycles. The number of anilines is 2. The molecule has 2 aliphatic rings. The highest BCUT2D eigenvalue weighted by Crippen LogP contribution is 2.39. The number of nitrogens with zero attached hydrogens (tertiary/aromatic N) is 5. The van der Waals surface area contributed by atoms with Crippen LogP contribution in [0, 0.1) is 6.92 Å². The first-order chi connectivity index (χ1) is 21.1. The zero-order chi connectivity index (χ0) is 31.1. The van der Waals surface area contributed by atoms with E-state index in [0.29, 0.717) is 60.1 Å². The van der Waals surface area contributed by atoms with E-state index in [2.05, 4.69) is 15.3 Å². The van der Waals surface area contributed by atoms with Gasteiger partial charge in [0.25, 0.3) is 5.91 Å². The van der Waals surface area contributed by atoms with Crippen LogP contribution in [0.4, 0.5) is 11.6 Å². The highest BCUT2D eigenvalue weighted by atomic mass is 16.5. The maximum absolute atomic E-state index is 13.4. The van der Waals surface area contributed by atoms with Crippen LogP contribution in [0.25, 0.3) is 11.0 Å². The Hall–Kier alpha value is -4.91. The quantitative estimate of drug-likeness (QED) is 0.226. The molecule has 7 N–H and O–H groups in total. The number of aryl methyl sites for hydroxylation is 3. The Morgan fingerprint density at radius 1 is 1.09 bits per heavy atom. The number of aromatic nitrogens is 4. The summed E-state index contributed by atoms with van der Waals surface area (Å²) in [4.78, 5) is 44.2. The molecule has 0 saturated heterocycles. The van der Waals surface area contributed by atoms with Crippen LogP contribution in [0.3, 0.4) is 0 Å². The van der Waals surface area contributed by atoms with Crippen molar-refractivity contribution in [2.75, 3.05) is 23.4 Å². The number of carbonyl (C=O) groups is 3. The molecule has 44 heavy (non-hydrogen) atoms. The van der Waals surface area contributed by atoms with Crippen molar-refractivity contribution in [1.29, 1.82) is 0 Å². The largest absolute Gasteiger partial charge is 0.489 e. The Morgan fingerprint density at radius 2 is 1.89 bits per heavy atom. The highest BCUT2D eigenvalue weighted by Gasteiger charge is 2.30. The van der Waals surface area contributed by atoms with E-state index >= 15 is 0 Å². The van der Waals surface area contributed by atoms with Crippen molar-refractivity contribution in [3.05, 3.63) is 64.5 Å². The maximum atomic E-state index is 13.4. The van der Waals surface area contributed by atoms with Gasteiger partial charge in [-0.25, -0.2) is 4.98 Å². The third-order valence-corrected chi connectivity index (χ3v) is 8.45. The van der Waals surface area contributed by atoms with Crippen LogP contribution in [0.15, 0.2) is 36.4 Å². The third kappa shape index (κ3) is 5.34. The van der Waals surface area contributed by atoms with Crippen molar-refractivity contribution in [3.8, 4) is 5.75 Å². The van der Waals surface area contributed by atoms with Gasteiger partial charge in [0.1, 0.15) is 23.6 Å². The molecule has 0 fully saturated rings. The molecule has 4 aromatic rings. The second-order valence-electron chi connectivity index (χ2n) is 11.4. The second-order valence-corrected chi connectivity index (χ2v) is 11.4. The number of amides is 3. The van der Waals surface area contributed by atoms with Crippen molar-refractivity contribution >= 4 is 40.4 Å². The van der Waals surface area contributed by atoms with Gasteiger partial charge in [-0.15, -0.1) is 0 Å². The summed E-state index contributed by atoms with van der Waals surface area (Å²) in [5, 5.41) is 7.38. The summed E-state index contributed by atoms with van der Waals surface area (Å²) in [6.45, 7) is 5.31. The fourth-order valence-corrected chi connectivity index (χ4v) is 6.34. The number of fused-ring (bicyclic) bond motifs is 1. The number of nitrogens with one attached hydrogen (secondary N) is 1. The Morgan fingerprint density at radius 3 is 2.64 bits per heavy atom. The van der Waals surface area contributed by atoms with Gasteiger partial charge < -0.3 is 31.4 Å². The topological polar surface area (TPSA) is 189 Å². The molecular formula is C31H37N9O4. The van der Waals surface area contributed by atoms with Crippen LogP contribution in [0.5, 0.6) is 5.75 Å². The maximum Gasteiger partial charge on any atom is 0.276 e. The standard InChI is InChI=1S/C31H37N9O4/c1-3-39-24(12-17(2)37-39)30(43)36-31-35-22-14-20(29(34)42)15-25-27(22)40(31)21(16-44-25)7-5-11-38-23-10-9-19(28(33)41)13-18(23)6-4-8-26(38)32/h9-10,12-15,21,26H,3-8,11,16,32H2,1-2H3,(H2,33,41)(H2,34,42)(H,35,36,43)/t21-,26?/m1/s1. The molecule has 4 heterocycles. The lowest BCUT2D eigenvalue weighted by Crippen LogP contribution is -2.42. The number of hydrogen-bond acceptors (Lipinski definition) is 8. The van der Waals surface area contributed by atoms with Crippen molar-refractivity contribution in [2.45, 2.75) is 64.7 Å². The van der Waals surface area contributed by atoms with E-state index in [1.165, 1.54) is 0 Å². The van der Waals surface area contributed by atoms with E-state index in [4.69, 9.17) is 26.9 Å². The van der Waals surface area contributed by atoms with Crippen LogP contribution in [0.1, 0.15) is 81.1 Å². The summed E-state index contributed by atoms with van der Waals surface area (Å²) in [7, 11) is 0. The number of carbonyl (C=O) groups excluding carboxylic acids is 3. The molecule has 0 bridgehead atoms. The lowest BCUT2D eigenvalue weighted by Gasteiger charge is -2.32. The van der Waals surface area contributed by atoms with Crippen LogP contribution in [-0.2, 0) is 13.0 Å². The van der Waals surface area contributed by atoms with Gasteiger partial charge in [0.05, 0.1) is 23.4 Å². The summed E-state index contributed by atoms with van der Waals surface area (Å²) >= 11 is 0. The SMILES string of the molecule is CCn1nc(C)cc1C(=O)Nc1nc2cc(C(N)=O)cc3c2n1[C@H](CCCN1c2ccc(C(N)=O)cc2CCCC1N)CO3. The molecule has 2 atom stereocenters. The summed E-state index contributed by atoms with van der Waals surface area (Å²) in [5.41, 5.74) is 23.0. The third-order valence-electron chi connectivity index (χ3n) is 8.45. The zero-order valence-electron chi connectivity index (χ0n) is 24.9. The van der Waals surface area contributed by atoms with E-state index in [1.54, 1.807) is 28.9 Å². The van der Waals surface area contributed by atoms with Gasteiger partial charge in [-0.05, 0) is 87.9 Å². The monoisotopic (exact) mass is 599 g/mol. The van der Waals surface area contributed by atoms with Gasteiger partial charge in [0.2, 0.25) is 17.8 Å². The minimum absolute atomic E-state index is 0.153. The average molecular weight is 600 g/mol. The number of benzene rings is 2. The van der Waals surface area contributed by atoms with Crippen molar-refractivity contribution in [2.24, 2.45) is 17.2 Å². The molecule has 6 rings (SSSR count). The number of nitrogens with two attached hydrogens (primary N) is 3. The molecule has 0 aliphatic carbocycles. The number of imidazole rings is 1. The number of rotatable bonds is 9. The lowest BCUT2D eigenvalue weighted by atomic mass is 10.0. The summed E-state index contributed by atoms with van der Waals surface area (Å²) in [6, 6.07) is 10.4. The Balaban J connectivity index is 1.29. The normalized spacial score (nSPS) is 17.6.